The number of anilines is 1. The number of carbonyl (C=O) groups is 1. The van der Waals surface area contributed by atoms with E-state index >= 15 is 0 Å². The van der Waals surface area contributed by atoms with Crippen molar-refractivity contribution in [1.82, 2.24) is 0 Å². The number of thioether (sulfide) groups is 1. The van der Waals surface area contributed by atoms with E-state index in [0.717, 1.165) is 21.9 Å². The number of hydrogen-bond donors (Lipinski definition) is 1. The Labute approximate surface area is 168 Å². The van der Waals surface area contributed by atoms with Crippen LogP contribution in [-0.4, -0.2) is 11.7 Å². The van der Waals surface area contributed by atoms with E-state index in [1.807, 2.05) is 78.9 Å². The standard InChI is InChI=1S/C22H20ClNO2S/c23-18-6-12-21(13-7-18)27-15-14-22(25)24-19-8-10-20(11-9-19)26-16-17-4-2-1-3-5-17/h1-13H,14-16H2,(H,24,25). The normalized spacial score (nSPS) is 10.4. The molecule has 3 aromatic rings. The number of amides is 1. The van der Waals surface area contributed by atoms with Crippen molar-refractivity contribution in [2.75, 3.05) is 11.1 Å². The van der Waals surface area contributed by atoms with Crippen molar-refractivity contribution >= 4 is 35.0 Å². The van der Waals surface area contributed by atoms with Gasteiger partial charge in [-0.25, -0.2) is 0 Å². The van der Waals surface area contributed by atoms with Crippen molar-refractivity contribution in [1.29, 1.82) is 0 Å². The van der Waals surface area contributed by atoms with Crippen molar-refractivity contribution in [3.05, 3.63) is 89.4 Å². The number of nitrogens with one attached hydrogen (secondary N) is 1. The third-order valence-corrected chi connectivity index (χ3v) is 5.06. The Hall–Kier alpha value is -2.43. The lowest BCUT2D eigenvalue weighted by atomic mass is 10.2. The van der Waals surface area contributed by atoms with E-state index in [9.17, 15) is 4.79 Å². The number of carbonyl (C=O) groups excluding carboxylic acids is 1. The second-order valence-electron chi connectivity index (χ2n) is 5.90. The molecule has 3 rings (SSSR count). The van der Waals surface area contributed by atoms with E-state index in [2.05, 4.69) is 5.32 Å². The van der Waals surface area contributed by atoms with Gasteiger partial charge in [0.25, 0.3) is 0 Å². The van der Waals surface area contributed by atoms with Crippen LogP contribution >= 0.6 is 23.4 Å². The Bertz CT molecular complexity index is 852. The lowest BCUT2D eigenvalue weighted by Crippen LogP contribution is -2.12. The molecule has 0 spiro atoms. The lowest BCUT2D eigenvalue weighted by Gasteiger charge is -2.08. The predicted octanol–water partition coefficient (Wildman–Crippen LogP) is 6.04. The van der Waals surface area contributed by atoms with Crippen LogP contribution in [0.1, 0.15) is 12.0 Å². The summed E-state index contributed by atoms with van der Waals surface area (Å²) >= 11 is 7.50. The van der Waals surface area contributed by atoms with Gasteiger partial charge in [-0.05, 0) is 54.1 Å². The first-order chi connectivity index (χ1) is 13.2. The summed E-state index contributed by atoms with van der Waals surface area (Å²) in [7, 11) is 0. The summed E-state index contributed by atoms with van der Waals surface area (Å²) in [6, 6.07) is 25.1. The van der Waals surface area contributed by atoms with Crippen molar-refractivity contribution in [2.45, 2.75) is 17.9 Å². The fourth-order valence-electron chi connectivity index (χ4n) is 2.39. The number of rotatable bonds is 8. The third kappa shape index (κ3) is 6.66. The largest absolute Gasteiger partial charge is 0.489 e. The summed E-state index contributed by atoms with van der Waals surface area (Å²) in [5, 5.41) is 3.63. The van der Waals surface area contributed by atoms with E-state index < -0.39 is 0 Å². The predicted molar refractivity (Wildman–Crippen MR) is 113 cm³/mol. The van der Waals surface area contributed by atoms with E-state index in [-0.39, 0.29) is 5.91 Å². The van der Waals surface area contributed by atoms with E-state index in [1.165, 1.54) is 0 Å². The average Bonchev–Trinajstić information content (AvgIpc) is 2.70. The molecule has 0 saturated heterocycles. The molecule has 5 heteroatoms. The molecule has 0 fully saturated rings. The molecular formula is C22H20ClNO2S. The van der Waals surface area contributed by atoms with Crippen LogP contribution in [0.5, 0.6) is 5.75 Å². The molecular weight excluding hydrogens is 378 g/mol. The smallest absolute Gasteiger partial charge is 0.225 e. The van der Waals surface area contributed by atoms with Crippen molar-refractivity contribution in [2.24, 2.45) is 0 Å². The Kier molecular flexibility index (Phi) is 7.19. The van der Waals surface area contributed by atoms with Crippen LogP contribution in [0.3, 0.4) is 0 Å². The van der Waals surface area contributed by atoms with Crippen molar-refractivity contribution in [3.63, 3.8) is 0 Å². The SMILES string of the molecule is O=C(CCSc1ccc(Cl)cc1)Nc1ccc(OCc2ccccc2)cc1. The van der Waals surface area contributed by atoms with Crippen LogP contribution in [0, 0.1) is 0 Å². The molecule has 1 N–H and O–H groups in total. The minimum absolute atomic E-state index is 0.00517. The molecule has 0 aliphatic carbocycles. The van der Waals surface area contributed by atoms with Crippen LogP contribution in [0.2, 0.25) is 5.02 Å². The average molecular weight is 398 g/mol. The maximum atomic E-state index is 12.1. The van der Waals surface area contributed by atoms with E-state index in [1.54, 1.807) is 11.8 Å². The highest BCUT2D eigenvalue weighted by molar-refractivity contribution is 7.99. The Morgan fingerprint density at radius 1 is 0.926 bits per heavy atom. The Morgan fingerprint density at radius 3 is 2.33 bits per heavy atom. The molecule has 3 aromatic carbocycles. The Balaban J connectivity index is 1.40. The number of benzene rings is 3. The molecule has 0 saturated carbocycles. The molecule has 0 unspecified atom stereocenters. The summed E-state index contributed by atoms with van der Waals surface area (Å²) in [6.07, 6.45) is 0.444. The molecule has 1 amide bonds. The molecule has 0 aliphatic rings. The summed E-state index contributed by atoms with van der Waals surface area (Å²) in [5.74, 6) is 1.48. The van der Waals surface area contributed by atoms with Gasteiger partial charge in [-0.3, -0.25) is 4.79 Å². The van der Waals surface area contributed by atoms with E-state index in [4.69, 9.17) is 16.3 Å². The van der Waals surface area contributed by atoms with Gasteiger partial charge in [0.15, 0.2) is 0 Å². The topological polar surface area (TPSA) is 38.3 Å². The molecule has 3 nitrogen and oxygen atoms in total. The second-order valence-corrected chi connectivity index (χ2v) is 7.50. The van der Waals surface area contributed by atoms with E-state index in [0.29, 0.717) is 23.8 Å². The van der Waals surface area contributed by atoms with Gasteiger partial charge in [0, 0.05) is 27.8 Å². The zero-order chi connectivity index (χ0) is 18.9. The van der Waals surface area contributed by atoms with Crippen LogP contribution in [-0.2, 0) is 11.4 Å². The van der Waals surface area contributed by atoms with Gasteiger partial charge in [0.2, 0.25) is 5.91 Å². The van der Waals surface area contributed by atoms with Crippen LogP contribution in [0.15, 0.2) is 83.8 Å². The van der Waals surface area contributed by atoms with Crippen LogP contribution in [0.25, 0.3) is 0 Å². The monoisotopic (exact) mass is 397 g/mol. The molecule has 0 radical (unpaired) electrons. The fourth-order valence-corrected chi connectivity index (χ4v) is 3.37. The quantitative estimate of drug-likeness (QED) is 0.471. The van der Waals surface area contributed by atoms with Gasteiger partial charge in [-0.2, -0.15) is 0 Å². The highest BCUT2D eigenvalue weighted by atomic mass is 35.5. The van der Waals surface area contributed by atoms with Crippen LogP contribution in [0.4, 0.5) is 5.69 Å². The minimum atomic E-state index is -0.00517. The number of hydrogen-bond acceptors (Lipinski definition) is 3. The van der Waals surface area contributed by atoms with Gasteiger partial charge >= 0.3 is 0 Å². The molecule has 138 valence electrons. The third-order valence-electron chi connectivity index (χ3n) is 3.80. The Morgan fingerprint density at radius 2 is 1.63 bits per heavy atom. The zero-order valence-corrected chi connectivity index (χ0v) is 16.3. The number of halogens is 1. The zero-order valence-electron chi connectivity index (χ0n) is 14.7. The van der Waals surface area contributed by atoms with Gasteiger partial charge in [-0.1, -0.05) is 41.9 Å². The lowest BCUT2D eigenvalue weighted by molar-refractivity contribution is -0.115. The first-order valence-electron chi connectivity index (χ1n) is 8.64. The first kappa shape index (κ1) is 19.3. The van der Waals surface area contributed by atoms with Gasteiger partial charge < -0.3 is 10.1 Å². The maximum Gasteiger partial charge on any atom is 0.225 e. The molecule has 27 heavy (non-hydrogen) atoms. The highest BCUT2D eigenvalue weighted by Crippen LogP contribution is 2.21. The minimum Gasteiger partial charge on any atom is -0.489 e. The first-order valence-corrected chi connectivity index (χ1v) is 10.0. The van der Waals surface area contributed by atoms with Crippen LogP contribution < -0.4 is 10.1 Å². The van der Waals surface area contributed by atoms with Gasteiger partial charge in [0.05, 0.1) is 0 Å². The summed E-state index contributed by atoms with van der Waals surface area (Å²) < 4.78 is 5.75. The molecule has 0 atom stereocenters. The fraction of sp³-hybridized carbons (Fsp3) is 0.136. The van der Waals surface area contributed by atoms with Gasteiger partial charge in [0.1, 0.15) is 12.4 Å². The summed E-state index contributed by atoms with van der Waals surface area (Å²) in [4.78, 5) is 13.2. The summed E-state index contributed by atoms with van der Waals surface area (Å²) in [5.41, 5.74) is 1.89. The molecule has 0 aliphatic heterocycles. The highest BCUT2D eigenvalue weighted by Gasteiger charge is 2.04. The van der Waals surface area contributed by atoms with Crippen molar-refractivity contribution < 1.29 is 9.53 Å². The maximum absolute atomic E-state index is 12.1. The molecule has 0 aromatic heterocycles. The molecule has 0 heterocycles. The van der Waals surface area contributed by atoms with Gasteiger partial charge in [-0.15, -0.1) is 11.8 Å². The molecule has 0 bridgehead atoms. The summed E-state index contributed by atoms with van der Waals surface area (Å²) in [6.45, 7) is 0.522. The second kappa shape index (κ2) is 10.0. The number of ether oxygens (including phenoxy) is 1. The van der Waals surface area contributed by atoms with Crippen molar-refractivity contribution in [3.8, 4) is 5.75 Å².